The Hall–Kier alpha value is -1.32. The molecule has 1 aliphatic heterocycles. The molecule has 0 aliphatic carbocycles. The van der Waals surface area contributed by atoms with Crippen LogP contribution in [0.3, 0.4) is 0 Å². The van der Waals surface area contributed by atoms with Gasteiger partial charge in [-0.2, -0.15) is 0 Å². The molecular formula is C20H38IN5O2. The lowest BCUT2D eigenvalue weighted by Crippen LogP contribution is -2.50. The van der Waals surface area contributed by atoms with E-state index < -0.39 is 0 Å². The lowest BCUT2D eigenvalue weighted by atomic mass is 10.1. The number of hydrogen-bond donors (Lipinski definition) is 2. The first kappa shape index (κ1) is 26.7. The summed E-state index contributed by atoms with van der Waals surface area (Å²) < 4.78 is 0. The van der Waals surface area contributed by atoms with E-state index in [2.05, 4.69) is 30.7 Å². The number of nitrogens with one attached hydrogen (secondary N) is 1. The Bertz CT molecular complexity index is 529. The van der Waals surface area contributed by atoms with Crippen LogP contribution in [-0.4, -0.2) is 66.8 Å². The molecule has 0 aromatic carbocycles. The van der Waals surface area contributed by atoms with Crippen molar-refractivity contribution in [3.8, 4) is 0 Å². The average molecular weight is 507 g/mol. The van der Waals surface area contributed by atoms with Gasteiger partial charge in [0.2, 0.25) is 11.8 Å². The van der Waals surface area contributed by atoms with E-state index in [9.17, 15) is 9.59 Å². The highest BCUT2D eigenvalue weighted by Gasteiger charge is 2.23. The molecule has 0 unspecified atom stereocenters. The van der Waals surface area contributed by atoms with Gasteiger partial charge >= 0.3 is 0 Å². The fraction of sp³-hybridized carbons (Fsp3) is 0.750. The zero-order valence-electron chi connectivity index (χ0n) is 17.7. The highest BCUT2D eigenvalue weighted by Crippen LogP contribution is 2.10. The van der Waals surface area contributed by atoms with Crippen molar-refractivity contribution in [1.82, 2.24) is 15.1 Å². The predicted molar refractivity (Wildman–Crippen MR) is 126 cm³/mol. The molecule has 162 valence electrons. The normalized spacial score (nSPS) is 14.6. The number of halogens is 1. The third-order valence-corrected chi connectivity index (χ3v) is 4.46. The van der Waals surface area contributed by atoms with E-state index in [0.29, 0.717) is 57.4 Å². The number of hydrogen-bond acceptors (Lipinski definition) is 3. The van der Waals surface area contributed by atoms with Crippen molar-refractivity contribution in [3.63, 3.8) is 0 Å². The van der Waals surface area contributed by atoms with Crippen molar-refractivity contribution in [2.75, 3.05) is 39.3 Å². The third-order valence-electron chi connectivity index (χ3n) is 4.46. The number of guanidine groups is 1. The molecule has 0 aromatic rings. The van der Waals surface area contributed by atoms with Gasteiger partial charge in [-0.05, 0) is 25.7 Å². The van der Waals surface area contributed by atoms with E-state index in [1.54, 1.807) is 0 Å². The second kappa shape index (κ2) is 14.6. The van der Waals surface area contributed by atoms with Crippen molar-refractivity contribution in [1.29, 1.82) is 0 Å². The SMILES string of the molecule is C=C(C)CN=C(N)NCCCCCC(=O)N1CCN(C(=O)CC(C)C)CC1.I. The maximum absolute atomic E-state index is 12.3. The topological polar surface area (TPSA) is 91.0 Å². The van der Waals surface area contributed by atoms with Gasteiger partial charge in [-0.15, -0.1) is 24.0 Å². The summed E-state index contributed by atoms with van der Waals surface area (Å²) in [6, 6.07) is 0. The molecule has 3 N–H and O–H groups in total. The van der Waals surface area contributed by atoms with Gasteiger partial charge in [-0.1, -0.05) is 32.4 Å². The molecule has 0 radical (unpaired) electrons. The maximum atomic E-state index is 12.3. The van der Waals surface area contributed by atoms with Crippen LogP contribution in [0.25, 0.3) is 0 Å². The van der Waals surface area contributed by atoms with Gasteiger partial charge in [0, 0.05) is 45.6 Å². The van der Waals surface area contributed by atoms with Gasteiger partial charge in [0.1, 0.15) is 0 Å². The Balaban J connectivity index is 0.00000729. The predicted octanol–water partition coefficient (Wildman–Crippen LogP) is 2.36. The molecule has 0 aromatic heterocycles. The van der Waals surface area contributed by atoms with Crippen LogP contribution in [0.4, 0.5) is 0 Å². The highest BCUT2D eigenvalue weighted by atomic mass is 127. The summed E-state index contributed by atoms with van der Waals surface area (Å²) in [4.78, 5) is 32.3. The van der Waals surface area contributed by atoms with Crippen LogP contribution < -0.4 is 11.1 Å². The number of amides is 2. The molecule has 0 atom stereocenters. The van der Waals surface area contributed by atoms with Crippen LogP contribution in [0, 0.1) is 5.92 Å². The molecule has 1 heterocycles. The molecule has 1 aliphatic rings. The molecule has 7 nitrogen and oxygen atoms in total. The number of nitrogens with zero attached hydrogens (tertiary/aromatic N) is 3. The fourth-order valence-corrected chi connectivity index (χ4v) is 2.91. The lowest BCUT2D eigenvalue weighted by Gasteiger charge is -2.35. The van der Waals surface area contributed by atoms with E-state index in [-0.39, 0.29) is 35.8 Å². The van der Waals surface area contributed by atoms with Gasteiger partial charge < -0.3 is 20.9 Å². The van der Waals surface area contributed by atoms with Crippen LogP contribution in [0.1, 0.15) is 52.9 Å². The van der Waals surface area contributed by atoms with Crippen LogP contribution in [0.2, 0.25) is 0 Å². The maximum Gasteiger partial charge on any atom is 0.222 e. The Labute approximate surface area is 187 Å². The Kier molecular flexibility index (Phi) is 14.0. The van der Waals surface area contributed by atoms with Crippen LogP contribution >= 0.6 is 24.0 Å². The quantitative estimate of drug-likeness (QED) is 0.156. The molecule has 1 fully saturated rings. The van der Waals surface area contributed by atoms with Crippen molar-refractivity contribution < 1.29 is 9.59 Å². The molecule has 1 saturated heterocycles. The number of nitrogens with two attached hydrogens (primary N) is 1. The number of rotatable bonds is 10. The number of carbonyl (C=O) groups is 2. The number of unbranched alkanes of at least 4 members (excludes halogenated alkanes) is 2. The molecule has 1 rings (SSSR count). The van der Waals surface area contributed by atoms with Crippen LogP contribution in [-0.2, 0) is 9.59 Å². The third kappa shape index (κ3) is 11.5. The summed E-state index contributed by atoms with van der Waals surface area (Å²) in [7, 11) is 0. The molecular weight excluding hydrogens is 469 g/mol. The summed E-state index contributed by atoms with van der Waals surface area (Å²) in [5.41, 5.74) is 6.73. The summed E-state index contributed by atoms with van der Waals surface area (Å²) in [5, 5.41) is 3.07. The Morgan fingerprint density at radius 1 is 1.07 bits per heavy atom. The summed E-state index contributed by atoms with van der Waals surface area (Å²) in [6.07, 6.45) is 3.95. The summed E-state index contributed by atoms with van der Waals surface area (Å²) >= 11 is 0. The van der Waals surface area contributed by atoms with Gasteiger partial charge in [0.15, 0.2) is 5.96 Å². The first-order valence-corrected chi connectivity index (χ1v) is 10.0. The number of carbonyl (C=O) groups excluding carboxylic acids is 2. The highest BCUT2D eigenvalue weighted by molar-refractivity contribution is 14.0. The van der Waals surface area contributed by atoms with E-state index in [0.717, 1.165) is 31.4 Å². The van der Waals surface area contributed by atoms with Crippen molar-refractivity contribution in [3.05, 3.63) is 12.2 Å². The standard InChI is InChI=1S/C20H37N5O2.HI/c1-16(2)14-19(27)25-12-10-24(11-13-25)18(26)8-6-5-7-9-22-20(21)23-15-17(3)4;/h16H,3,5-15H2,1-2,4H3,(H3,21,22,23);1H. The van der Waals surface area contributed by atoms with Gasteiger partial charge in [0.25, 0.3) is 0 Å². The van der Waals surface area contributed by atoms with Crippen LogP contribution in [0.5, 0.6) is 0 Å². The molecule has 0 bridgehead atoms. The molecule has 28 heavy (non-hydrogen) atoms. The number of aliphatic imine (C=N–C) groups is 1. The van der Waals surface area contributed by atoms with E-state index in [4.69, 9.17) is 5.73 Å². The molecule has 0 saturated carbocycles. The molecule has 8 heteroatoms. The van der Waals surface area contributed by atoms with E-state index in [1.807, 2.05) is 16.7 Å². The Morgan fingerprint density at radius 3 is 2.18 bits per heavy atom. The van der Waals surface area contributed by atoms with Crippen LogP contribution in [0.15, 0.2) is 17.1 Å². The summed E-state index contributed by atoms with van der Waals surface area (Å²) in [6.45, 7) is 13.7. The van der Waals surface area contributed by atoms with E-state index in [1.165, 1.54) is 0 Å². The minimum absolute atomic E-state index is 0. The zero-order chi connectivity index (χ0) is 20.2. The van der Waals surface area contributed by atoms with Gasteiger partial charge in [0.05, 0.1) is 6.54 Å². The minimum Gasteiger partial charge on any atom is -0.370 e. The summed E-state index contributed by atoms with van der Waals surface area (Å²) in [5.74, 6) is 1.22. The number of piperazine rings is 1. The van der Waals surface area contributed by atoms with E-state index >= 15 is 0 Å². The molecule has 0 spiro atoms. The van der Waals surface area contributed by atoms with Gasteiger partial charge in [-0.3, -0.25) is 9.59 Å². The average Bonchev–Trinajstić information content (AvgIpc) is 2.62. The first-order valence-electron chi connectivity index (χ1n) is 10.0. The second-order valence-electron chi connectivity index (χ2n) is 7.76. The van der Waals surface area contributed by atoms with Gasteiger partial charge in [-0.25, -0.2) is 4.99 Å². The fourth-order valence-electron chi connectivity index (χ4n) is 2.91. The second-order valence-corrected chi connectivity index (χ2v) is 7.76. The molecule has 2 amide bonds. The largest absolute Gasteiger partial charge is 0.370 e. The lowest BCUT2D eigenvalue weighted by molar-refractivity contribution is -0.140. The minimum atomic E-state index is 0. The smallest absolute Gasteiger partial charge is 0.222 e. The first-order chi connectivity index (χ1) is 12.8. The monoisotopic (exact) mass is 507 g/mol. The van der Waals surface area contributed by atoms with Crippen molar-refractivity contribution in [2.24, 2.45) is 16.6 Å². The van der Waals surface area contributed by atoms with Crippen molar-refractivity contribution >= 4 is 41.8 Å². The van der Waals surface area contributed by atoms with Crippen molar-refractivity contribution in [2.45, 2.75) is 52.9 Å². The Morgan fingerprint density at radius 2 is 1.64 bits per heavy atom. The zero-order valence-corrected chi connectivity index (χ0v) is 20.0.